The monoisotopic (exact) mass is 409 g/mol. The standard InChI is InChI=1S/C24H28N2O4/c1-16-21(29-17(2)24(28)25-13-8-14-26(3)4)12-11-19-20(15-22(27)30-23(16)19)18-9-6-5-7-10-18/h5-7,9-12,15,17H,8,13-14H2,1-4H3,(H,25,28)/p+1/t17-/m0/s1. The molecule has 0 saturated carbocycles. The summed E-state index contributed by atoms with van der Waals surface area (Å²) >= 11 is 0. The number of ether oxygens (including phenoxy) is 1. The second-order valence-corrected chi connectivity index (χ2v) is 7.77. The zero-order valence-electron chi connectivity index (χ0n) is 18.0. The minimum absolute atomic E-state index is 0.164. The highest BCUT2D eigenvalue weighted by Crippen LogP contribution is 2.33. The number of hydrogen-bond donors (Lipinski definition) is 2. The first kappa shape index (κ1) is 21.6. The smallest absolute Gasteiger partial charge is 0.336 e. The summed E-state index contributed by atoms with van der Waals surface area (Å²) in [7, 11) is 4.16. The van der Waals surface area contributed by atoms with Gasteiger partial charge in [-0.3, -0.25) is 4.79 Å². The molecule has 0 fully saturated rings. The van der Waals surface area contributed by atoms with Crippen LogP contribution in [-0.2, 0) is 4.79 Å². The third-order valence-corrected chi connectivity index (χ3v) is 5.02. The van der Waals surface area contributed by atoms with Crippen molar-refractivity contribution >= 4 is 16.9 Å². The van der Waals surface area contributed by atoms with Crippen LogP contribution in [0.15, 0.2) is 57.7 Å². The molecule has 3 aromatic rings. The topological polar surface area (TPSA) is 73.0 Å². The van der Waals surface area contributed by atoms with Crippen LogP contribution in [-0.4, -0.2) is 39.2 Å². The number of rotatable bonds is 8. The maximum absolute atomic E-state index is 12.3. The van der Waals surface area contributed by atoms with Crippen LogP contribution in [0.4, 0.5) is 0 Å². The first-order valence-electron chi connectivity index (χ1n) is 10.2. The van der Waals surface area contributed by atoms with Gasteiger partial charge in [0.25, 0.3) is 5.91 Å². The molecule has 2 aromatic carbocycles. The predicted molar refractivity (Wildman–Crippen MR) is 118 cm³/mol. The number of carbonyl (C=O) groups excluding carboxylic acids is 1. The van der Waals surface area contributed by atoms with Crippen LogP contribution in [0.1, 0.15) is 18.9 Å². The number of quaternary nitrogens is 1. The fourth-order valence-corrected chi connectivity index (χ4v) is 3.37. The zero-order valence-corrected chi connectivity index (χ0v) is 18.0. The van der Waals surface area contributed by atoms with Crippen molar-refractivity contribution in [2.24, 2.45) is 0 Å². The van der Waals surface area contributed by atoms with Crippen molar-refractivity contribution in [1.82, 2.24) is 5.32 Å². The summed E-state index contributed by atoms with van der Waals surface area (Å²) < 4.78 is 11.4. The summed E-state index contributed by atoms with van der Waals surface area (Å²) in [4.78, 5) is 25.9. The van der Waals surface area contributed by atoms with Crippen molar-refractivity contribution in [2.75, 3.05) is 27.2 Å². The molecular formula is C24H29N2O4+. The van der Waals surface area contributed by atoms with Gasteiger partial charge in [0.1, 0.15) is 11.3 Å². The highest BCUT2D eigenvalue weighted by molar-refractivity contribution is 5.95. The fraction of sp³-hybridized carbons (Fsp3) is 0.333. The van der Waals surface area contributed by atoms with Crippen LogP contribution in [0.2, 0.25) is 0 Å². The second kappa shape index (κ2) is 9.59. The Bertz CT molecular complexity index is 1070. The van der Waals surface area contributed by atoms with Gasteiger partial charge >= 0.3 is 5.63 Å². The fourth-order valence-electron chi connectivity index (χ4n) is 3.37. The van der Waals surface area contributed by atoms with Crippen molar-refractivity contribution < 1.29 is 18.8 Å². The van der Waals surface area contributed by atoms with Gasteiger partial charge in [0.15, 0.2) is 6.10 Å². The highest BCUT2D eigenvalue weighted by atomic mass is 16.5. The van der Waals surface area contributed by atoms with Gasteiger partial charge in [-0.15, -0.1) is 0 Å². The molecule has 0 aliphatic carbocycles. The van der Waals surface area contributed by atoms with Gasteiger partial charge in [-0.25, -0.2) is 4.79 Å². The molecule has 0 aliphatic rings. The van der Waals surface area contributed by atoms with Crippen molar-refractivity contribution in [3.05, 3.63) is 64.5 Å². The lowest BCUT2D eigenvalue weighted by Gasteiger charge is -2.17. The van der Waals surface area contributed by atoms with E-state index >= 15 is 0 Å². The van der Waals surface area contributed by atoms with Crippen LogP contribution >= 0.6 is 0 Å². The molecule has 1 atom stereocenters. The Kier molecular flexibility index (Phi) is 6.90. The van der Waals surface area contributed by atoms with Gasteiger partial charge in [0, 0.05) is 30.0 Å². The normalized spacial score (nSPS) is 12.2. The molecule has 2 N–H and O–H groups in total. The minimum Gasteiger partial charge on any atom is -0.480 e. The Labute approximate surface area is 176 Å². The molecule has 158 valence electrons. The van der Waals surface area contributed by atoms with E-state index in [4.69, 9.17) is 9.15 Å². The number of nitrogens with one attached hydrogen (secondary N) is 2. The molecule has 6 heteroatoms. The number of hydrogen-bond acceptors (Lipinski definition) is 4. The SMILES string of the molecule is Cc1c(O[C@@H](C)C(=O)NCCC[NH+](C)C)ccc2c(-c3ccccc3)cc(=O)oc12. The number of benzene rings is 2. The quantitative estimate of drug-likeness (QED) is 0.442. The summed E-state index contributed by atoms with van der Waals surface area (Å²) in [5.74, 6) is 0.360. The van der Waals surface area contributed by atoms with Gasteiger partial charge in [0.2, 0.25) is 0 Å². The second-order valence-electron chi connectivity index (χ2n) is 7.77. The van der Waals surface area contributed by atoms with Gasteiger partial charge < -0.3 is 19.4 Å². The molecule has 1 amide bonds. The average Bonchev–Trinajstić information content (AvgIpc) is 2.73. The predicted octanol–water partition coefficient (Wildman–Crippen LogP) is 2.19. The number of carbonyl (C=O) groups is 1. The van der Waals surface area contributed by atoms with Crippen molar-refractivity contribution in [3.8, 4) is 16.9 Å². The molecule has 0 spiro atoms. The van der Waals surface area contributed by atoms with E-state index in [1.807, 2.05) is 49.4 Å². The lowest BCUT2D eigenvalue weighted by Crippen LogP contribution is -3.05. The molecule has 0 unspecified atom stereocenters. The molecule has 0 radical (unpaired) electrons. The molecule has 0 bridgehead atoms. The summed E-state index contributed by atoms with van der Waals surface area (Å²) in [6, 6.07) is 14.9. The largest absolute Gasteiger partial charge is 0.480 e. The van der Waals surface area contributed by atoms with E-state index in [0.29, 0.717) is 23.4 Å². The first-order chi connectivity index (χ1) is 14.4. The molecule has 30 heavy (non-hydrogen) atoms. The van der Waals surface area contributed by atoms with E-state index in [1.165, 1.54) is 11.0 Å². The Hall–Kier alpha value is -3.12. The van der Waals surface area contributed by atoms with Crippen LogP contribution in [0, 0.1) is 6.92 Å². The summed E-state index contributed by atoms with van der Waals surface area (Å²) in [6.07, 6.45) is 0.250. The van der Waals surface area contributed by atoms with Crippen LogP contribution in [0.5, 0.6) is 5.75 Å². The van der Waals surface area contributed by atoms with Crippen molar-refractivity contribution in [1.29, 1.82) is 0 Å². The summed E-state index contributed by atoms with van der Waals surface area (Å²) in [6.45, 7) is 5.15. The van der Waals surface area contributed by atoms with Gasteiger partial charge in [-0.2, -0.15) is 0 Å². The number of aryl methyl sites for hydroxylation is 1. The summed E-state index contributed by atoms with van der Waals surface area (Å²) in [5.41, 5.74) is 2.50. The van der Waals surface area contributed by atoms with Gasteiger partial charge in [-0.05, 0) is 37.1 Å². The van der Waals surface area contributed by atoms with E-state index in [-0.39, 0.29) is 5.91 Å². The molecule has 1 aromatic heterocycles. The Morgan fingerprint density at radius 2 is 1.90 bits per heavy atom. The first-order valence-corrected chi connectivity index (χ1v) is 10.2. The van der Waals surface area contributed by atoms with Crippen LogP contribution in [0.25, 0.3) is 22.1 Å². The Balaban J connectivity index is 1.82. The molecular weight excluding hydrogens is 380 g/mol. The maximum atomic E-state index is 12.3. The maximum Gasteiger partial charge on any atom is 0.336 e. The van der Waals surface area contributed by atoms with E-state index in [2.05, 4.69) is 19.4 Å². The van der Waals surface area contributed by atoms with Crippen molar-refractivity contribution in [2.45, 2.75) is 26.4 Å². The van der Waals surface area contributed by atoms with Gasteiger partial charge in [-0.1, -0.05) is 30.3 Å². The molecule has 0 aliphatic heterocycles. The summed E-state index contributed by atoms with van der Waals surface area (Å²) in [5, 5.41) is 3.73. The lowest BCUT2D eigenvalue weighted by atomic mass is 10.00. The Morgan fingerprint density at radius 1 is 1.17 bits per heavy atom. The van der Waals surface area contributed by atoms with Gasteiger partial charge in [0.05, 0.1) is 20.6 Å². The zero-order chi connectivity index (χ0) is 21.7. The van der Waals surface area contributed by atoms with E-state index in [9.17, 15) is 9.59 Å². The number of amides is 1. The lowest BCUT2D eigenvalue weighted by molar-refractivity contribution is -0.858. The number of fused-ring (bicyclic) bond motifs is 1. The average molecular weight is 410 g/mol. The van der Waals surface area contributed by atoms with Crippen LogP contribution in [0.3, 0.4) is 0 Å². The van der Waals surface area contributed by atoms with E-state index in [1.54, 1.807) is 6.92 Å². The molecule has 3 rings (SSSR count). The van der Waals surface area contributed by atoms with E-state index < -0.39 is 11.7 Å². The third-order valence-electron chi connectivity index (χ3n) is 5.02. The molecule has 1 heterocycles. The molecule has 6 nitrogen and oxygen atoms in total. The minimum atomic E-state index is -0.656. The highest BCUT2D eigenvalue weighted by Gasteiger charge is 2.18. The van der Waals surface area contributed by atoms with Crippen molar-refractivity contribution in [3.63, 3.8) is 0 Å². The molecule has 0 saturated heterocycles. The third kappa shape index (κ3) is 5.07. The van der Waals surface area contributed by atoms with Crippen LogP contribution < -0.4 is 20.6 Å². The van der Waals surface area contributed by atoms with E-state index in [0.717, 1.165) is 29.5 Å². The Morgan fingerprint density at radius 3 is 2.60 bits per heavy atom.